The van der Waals surface area contributed by atoms with Gasteiger partial charge in [0.2, 0.25) is 11.6 Å². The third-order valence-corrected chi connectivity index (χ3v) is 4.90. The van der Waals surface area contributed by atoms with Gasteiger partial charge in [-0.2, -0.15) is 4.98 Å². The molecule has 0 unspecified atom stereocenters. The lowest BCUT2D eigenvalue weighted by Crippen LogP contribution is -2.07. The summed E-state index contributed by atoms with van der Waals surface area (Å²) in [5, 5.41) is 20.5. The van der Waals surface area contributed by atoms with E-state index in [9.17, 15) is 14.5 Å². The summed E-state index contributed by atoms with van der Waals surface area (Å²) in [5.74, 6) is -1.47. The van der Waals surface area contributed by atoms with Crippen LogP contribution >= 0.6 is 11.5 Å². The second-order valence-corrected chi connectivity index (χ2v) is 6.96. The fourth-order valence-corrected chi connectivity index (χ4v) is 3.31. The Morgan fingerprint density at radius 2 is 2.00 bits per heavy atom. The first-order valence-electron chi connectivity index (χ1n) is 9.17. The van der Waals surface area contributed by atoms with Gasteiger partial charge in [0, 0.05) is 17.5 Å². The van der Waals surface area contributed by atoms with Crippen molar-refractivity contribution in [2.75, 3.05) is 12.4 Å². The molecule has 0 amide bonds. The van der Waals surface area contributed by atoms with Crippen LogP contribution in [0.1, 0.15) is 5.56 Å². The Morgan fingerprint density at radius 3 is 2.69 bits per heavy atom. The lowest BCUT2D eigenvalue weighted by atomic mass is 10.1. The van der Waals surface area contributed by atoms with Crippen LogP contribution in [0.5, 0.6) is 17.4 Å². The fourth-order valence-electron chi connectivity index (χ4n) is 2.85. The topological polar surface area (TPSA) is 125 Å². The first-order valence-corrected chi connectivity index (χ1v) is 10.0. The largest absolute Gasteiger partial charge is 0.493 e. The number of nitro groups is 1. The zero-order valence-corrected chi connectivity index (χ0v) is 17.4. The molecule has 0 radical (unpaired) electrons. The first-order chi connectivity index (χ1) is 15.6. The average Bonchev–Trinajstić information content (AvgIpc) is 3.34. The van der Waals surface area contributed by atoms with Crippen molar-refractivity contribution in [3.8, 4) is 28.6 Å². The van der Waals surface area contributed by atoms with Crippen molar-refractivity contribution < 1.29 is 18.8 Å². The molecular formula is C20H15FN6O4S. The van der Waals surface area contributed by atoms with Crippen molar-refractivity contribution >= 4 is 23.0 Å². The maximum Gasteiger partial charge on any atom is 0.373 e. The molecule has 2 heterocycles. The van der Waals surface area contributed by atoms with Crippen LogP contribution in [0.25, 0.3) is 11.3 Å². The Hall–Kier alpha value is -4.19. The summed E-state index contributed by atoms with van der Waals surface area (Å²) in [6.07, 6.45) is 1.09. The van der Waals surface area contributed by atoms with Crippen LogP contribution in [-0.2, 0) is 6.54 Å². The number of ether oxygens (including phenoxy) is 2. The number of rotatable bonds is 8. The monoisotopic (exact) mass is 454 g/mol. The highest BCUT2D eigenvalue weighted by atomic mass is 32.1. The van der Waals surface area contributed by atoms with Crippen LogP contribution < -0.4 is 14.8 Å². The molecule has 2 aromatic heterocycles. The van der Waals surface area contributed by atoms with E-state index in [1.807, 2.05) is 29.6 Å². The fraction of sp³-hybridized carbons (Fsp3) is 0.100. The molecule has 0 spiro atoms. The minimum Gasteiger partial charge on any atom is -0.493 e. The van der Waals surface area contributed by atoms with Crippen molar-refractivity contribution in [2.45, 2.75) is 6.54 Å². The molecule has 12 heteroatoms. The Kier molecular flexibility index (Phi) is 6.12. The van der Waals surface area contributed by atoms with Crippen LogP contribution in [0.15, 0.2) is 54.2 Å². The van der Waals surface area contributed by atoms with Gasteiger partial charge in [0.25, 0.3) is 0 Å². The normalized spacial score (nSPS) is 10.6. The Balaban J connectivity index is 1.57. The number of hydrogen-bond donors (Lipinski definition) is 1. The smallest absolute Gasteiger partial charge is 0.373 e. The van der Waals surface area contributed by atoms with Gasteiger partial charge in [-0.25, -0.2) is 9.37 Å². The van der Waals surface area contributed by atoms with Gasteiger partial charge in [-0.05, 0) is 29.2 Å². The highest BCUT2D eigenvalue weighted by molar-refractivity contribution is 7.03. The van der Waals surface area contributed by atoms with E-state index >= 15 is 0 Å². The van der Waals surface area contributed by atoms with E-state index in [1.165, 1.54) is 30.8 Å². The van der Waals surface area contributed by atoms with Crippen LogP contribution in [0, 0.1) is 15.9 Å². The molecule has 162 valence electrons. The molecule has 10 nitrogen and oxygen atoms in total. The second-order valence-electron chi connectivity index (χ2n) is 6.35. The van der Waals surface area contributed by atoms with Crippen LogP contribution in [0.3, 0.4) is 0 Å². The second kappa shape index (κ2) is 9.31. The number of aromatic nitrogens is 4. The van der Waals surface area contributed by atoms with Gasteiger partial charge in [-0.1, -0.05) is 34.8 Å². The molecule has 0 aliphatic heterocycles. The van der Waals surface area contributed by atoms with E-state index in [1.54, 1.807) is 0 Å². The zero-order chi connectivity index (χ0) is 22.5. The standard InChI is InChI=1S/C20H15FN6O4S/c1-30-16-4-2-3-14(21)18(16)31-20-17(27(28)29)19(23-11-24-20)22-9-12-5-7-13(8-6-12)15-10-32-26-25-15/h2-8,10-11H,9H2,1H3,(H,22,23,24). The molecule has 1 N–H and O–H groups in total. The Bertz CT molecular complexity index is 1240. The minimum absolute atomic E-state index is 0.0666. The number of hydrogen-bond acceptors (Lipinski definition) is 10. The van der Waals surface area contributed by atoms with Gasteiger partial charge in [0.15, 0.2) is 11.6 Å². The number of methoxy groups -OCH3 is 1. The number of nitrogens with zero attached hydrogens (tertiary/aromatic N) is 5. The third kappa shape index (κ3) is 4.44. The SMILES string of the molecule is COc1cccc(F)c1Oc1ncnc(NCc2ccc(-c3csnn3)cc2)c1[N+](=O)[O-]. The van der Waals surface area contributed by atoms with E-state index < -0.39 is 22.3 Å². The summed E-state index contributed by atoms with van der Waals surface area (Å²) in [6.45, 7) is 0.246. The van der Waals surface area contributed by atoms with E-state index in [2.05, 4.69) is 24.9 Å². The van der Waals surface area contributed by atoms with E-state index in [0.717, 1.165) is 29.2 Å². The summed E-state index contributed by atoms with van der Waals surface area (Å²) >= 11 is 1.26. The van der Waals surface area contributed by atoms with Crippen molar-refractivity contribution in [1.29, 1.82) is 0 Å². The molecule has 0 aliphatic rings. The summed E-state index contributed by atoms with van der Waals surface area (Å²) in [4.78, 5) is 18.8. The summed E-state index contributed by atoms with van der Waals surface area (Å²) in [5.41, 5.74) is 2.00. The maximum atomic E-state index is 14.2. The molecule has 4 rings (SSSR count). The predicted molar refractivity (Wildman–Crippen MR) is 114 cm³/mol. The van der Waals surface area contributed by atoms with E-state index in [-0.39, 0.29) is 23.9 Å². The molecule has 4 aromatic rings. The minimum atomic E-state index is -0.748. The van der Waals surface area contributed by atoms with Gasteiger partial charge in [-0.15, -0.1) is 5.10 Å². The predicted octanol–water partition coefficient (Wildman–Crippen LogP) is 4.46. The molecule has 0 saturated carbocycles. The van der Waals surface area contributed by atoms with Crippen LogP contribution in [0.2, 0.25) is 0 Å². The van der Waals surface area contributed by atoms with Crippen molar-refractivity contribution in [3.63, 3.8) is 0 Å². The molecule has 32 heavy (non-hydrogen) atoms. The molecule has 0 atom stereocenters. The highest BCUT2D eigenvalue weighted by Gasteiger charge is 2.27. The molecular weight excluding hydrogens is 439 g/mol. The first kappa shape index (κ1) is 21.1. The van der Waals surface area contributed by atoms with E-state index in [0.29, 0.717) is 0 Å². The van der Waals surface area contributed by atoms with Crippen LogP contribution in [-0.4, -0.2) is 31.6 Å². The number of anilines is 1. The summed E-state index contributed by atoms with van der Waals surface area (Å²) in [7, 11) is 1.33. The van der Waals surface area contributed by atoms with Gasteiger partial charge in [0.05, 0.1) is 12.0 Å². The van der Waals surface area contributed by atoms with E-state index in [4.69, 9.17) is 9.47 Å². The number of benzene rings is 2. The number of halogens is 1. The van der Waals surface area contributed by atoms with Gasteiger partial charge in [-0.3, -0.25) is 10.1 Å². The summed E-state index contributed by atoms with van der Waals surface area (Å²) < 4.78 is 28.6. The van der Waals surface area contributed by atoms with Gasteiger partial charge < -0.3 is 14.8 Å². The molecule has 2 aromatic carbocycles. The van der Waals surface area contributed by atoms with Gasteiger partial charge in [0.1, 0.15) is 12.0 Å². The maximum absolute atomic E-state index is 14.2. The van der Waals surface area contributed by atoms with Crippen molar-refractivity contribution in [1.82, 2.24) is 19.6 Å². The number of para-hydroxylation sites is 1. The molecule has 0 fully saturated rings. The average molecular weight is 454 g/mol. The van der Waals surface area contributed by atoms with Gasteiger partial charge >= 0.3 is 11.6 Å². The lowest BCUT2D eigenvalue weighted by molar-refractivity contribution is -0.385. The summed E-state index contributed by atoms with van der Waals surface area (Å²) in [6, 6.07) is 11.5. The van der Waals surface area contributed by atoms with Crippen molar-refractivity contribution in [3.05, 3.63) is 75.7 Å². The Labute approximate surface area is 185 Å². The molecule has 0 saturated heterocycles. The third-order valence-electron chi connectivity index (χ3n) is 4.39. The highest BCUT2D eigenvalue weighted by Crippen LogP contribution is 2.39. The zero-order valence-electron chi connectivity index (χ0n) is 16.6. The number of nitrogens with one attached hydrogen (secondary N) is 1. The molecule has 0 bridgehead atoms. The quantitative estimate of drug-likeness (QED) is 0.303. The lowest BCUT2D eigenvalue weighted by Gasteiger charge is -2.12. The Morgan fingerprint density at radius 1 is 1.19 bits per heavy atom. The van der Waals surface area contributed by atoms with Crippen LogP contribution in [0.4, 0.5) is 15.9 Å². The van der Waals surface area contributed by atoms with Crippen molar-refractivity contribution in [2.24, 2.45) is 0 Å². The molecule has 0 aliphatic carbocycles.